The molecule has 0 aliphatic carbocycles. The molecule has 25 heavy (non-hydrogen) atoms. The van der Waals surface area contributed by atoms with Gasteiger partial charge in [-0.05, 0) is 25.7 Å². The molecule has 0 spiro atoms. The zero-order valence-electron chi connectivity index (χ0n) is 17.0. The fourth-order valence-corrected chi connectivity index (χ4v) is 3.03. The van der Waals surface area contributed by atoms with E-state index in [0.717, 1.165) is 30.5 Å². The molecule has 1 atom stereocenters. The van der Waals surface area contributed by atoms with Gasteiger partial charge in [-0.15, -0.1) is 24.0 Å². The smallest absolute Gasteiger partial charge is 0.191 e. The van der Waals surface area contributed by atoms with Crippen LogP contribution in [0.1, 0.15) is 76.3 Å². The number of aryl methyl sites for hydroxylation is 2. The van der Waals surface area contributed by atoms with Crippen molar-refractivity contribution in [1.29, 1.82) is 0 Å². The fourth-order valence-electron chi connectivity index (χ4n) is 3.03. The number of aliphatic imine (C=N–C) groups is 1. The lowest BCUT2D eigenvalue weighted by Gasteiger charge is -2.26. The van der Waals surface area contributed by atoms with Gasteiger partial charge in [0.2, 0.25) is 0 Å². The third kappa shape index (κ3) is 8.42. The maximum Gasteiger partial charge on any atom is 0.191 e. The molecular formula is C19H37IN4O. The van der Waals surface area contributed by atoms with Gasteiger partial charge in [-0.2, -0.15) is 0 Å². The Morgan fingerprint density at radius 1 is 1.24 bits per heavy atom. The van der Waals surface area contributed by atoms with Crippen LogP contribution in [-0.4, -0.2) is 31.3 Å². The summed E-state index contributed by atoms with van der Waals surface area (Å²) in [5.74, 6) is 2.09. The first-order valence-corrected chi connectivity index (χ1v) is 9.18. The molecule has 0 bridgehead atoms. The van der Waals surface area contributed by atoms with Crippen LogP contribution in [0.15, 0.2) is 9.52 Å². The van der Waals surface area contributed by atoms with E-state index in [1.165, 1.54) is 31.2 Å². The summed E-state index contributed by atoms with van der Waals surface area (Å²) in [7, 11) is 1.82. The van der Waals surface area contributed by atoms with E-state index in [9.17, 15) is 0 Å². The first-order chi connectivity index (χ1) is 11.3. The van der Waals surface area contributed by atoms with Gasteiger partial charge in [0.15, 0.2) is 5.96 Å². The number of nitrogens with one attached hydrogen (secondary N) is 2. The Labute approximate surface area is 170 Å². The third-order valence-electron chi connectivity index (χ3n) is 4.57. The molecule has 0 saturated carbocycles. The Balaban J connectivity index is 0.00000576. The molecule has 2 N–H and O–H groups in total. The molecule has 0 radical (unpaired) electrons. The van der Waals surface area contributed by atoms with E-state index in [2.05, 4.69) is 48.5 Å². The van der Waals surface area contributed by atoms with E-state index >= 15 is 0 Å². The summed E-state index contributed by atoms with van der Waals surface area (Å²) in [6.07, 6.45) is 5.11. The lowest BCUT2D eigenvalue weighted by molar-refractivity contribution is 0.318. The molecule has 6 heteroatoms. The molecule has 0 aliphatic rings. The average Bonchev–Trinajstić information content (AvgIpc) is 2.86. The van der Waals surface area contributed by atoms with Crippen molar-refractivity contribution in [1.82, 2.24) is 15.8 Å². The van der Waals surface area contributed by atoms with E-state index in [1.807, 2.05) is 20.9 Å². The Morgan fingerprint density at radius 2 is 1.92 bits per heavy atom. The zero-order chi connectivity index (χ0) is 18.2. The van der Waals surface area contributed by atoms with Crippen molar-refractivity contribution in [3.8, 4) is 0 Å². The zero-order valence-corrected chi connectivity index (χ0v) is 19.4. The van der Waals surface area contributed by atoms with Gasteiger partial charge in [-0.3, -0.25) is 4.99 Å². The van der Waals surface area contributed by atoms with Crippen molar-refractivity contribution in [3.63, 3.8) is 0 Å². The highest BCUT2D eigenvalue weighted by Gasteiger charge is 2.19. The second-order valence-electron chi connectivity index (χ2n) is 7.57. The van der Waals surface area contributed by atoms with Crippen LogP contribution in [0.4, 0.5) is 0 Å². The van der Waals surface area contributed by atoms with Gasteiger partial charge >= 0.3 is 0 Å². The largest absolute Gasteiger partial charge is 0.361 e. The molecule has 0 amide bonds. The molecule has 1 aromatic heterocycles. The Kier molecular flexibility index (Phi) is 11.4. The number of guanidine groups is 1. The van der Waals surface area contributed by atoms with Crippen LogP contribution in [0.3, 0.4) is 0 Å². The van der Waals surface area contributed by atoms with E-state index < -0.39 is 0 Å². The minimum atomic E-state index is 0. The summed E-state index contributed by atoms with van der Waals surface area (Å²) in [6.45, 7) is 14.8. The predicted octanol–water partition coefficient (Wildman–Crippen LogP) is 4.78. The molecule has 0 aromatic carbocycles. The molecule has 0 fully saturated rings. The van der Waals surface area contributed by atoms with Gasteiger partial charge in [0.05, 0.1) is 5.69 Å². The molecule has 1 aromatic rings. The SMILES string of the molecule is CCCCCC(C)(C)CNC(=NC)NCC(C)c1c(C)noc1C.I. The molecular weight excluding hydrogens is 427 g/mol. The number of halogens is 1. The molecule has 0 saturated heterocycles. The number of rotatable bonds is 9. The minimum Gasteiger partial charge on any atom is -0.361 e. The van der Waals surface area contributed by atoms with Gasteiger partial charge in [0.25, 0.3) is 0 Å². The van der Waals surface area contributed by atoms with Crippen molar-refractivity contribution in [3.05, 3.63) is 17.0 Å². The Morgan fingerprint density at radius 3 is 2.44 bits per heavy atom. The molecule has 146 valence electrons. The predicted molar refractivity (Wildman–Crippen MR) is 117 cm³/mol. The van der Waals surface area contributed by atoms with E-state index in [-0.39, 0.29) is 29.4 Å². The molecule has 5 nitrogen and oxygen atoms in total. The molecule has 1 heterocycles. The number of unbranched alkanes of at least 4 members (excludes halogenated alkanes) is 2. The summed E-state index contributed by atoms with van der Waals surface area (Å²) < 4.78 is 5.26. The van der Waals surface area contributed by atoms with Crippen LogP contribution >= 0.6 is 24.0 Å². The number of hydrogen-bond donors (Lipinski definition) is 2. The van der Waals surface area contributed by atoms with Crippen LogP contribution in [-0.2, 0) is 0 Å². The quantitative estimate of drug-likeness (QED) is 0.239. The Hall–Kier alpha value is -0.790. The third-order valence-corrected chi connectivity index (χ3v) is 4.57. The normalized spacial score (nSPS) is 13.3. The van der Waals surface area contributed by atoms with Gasteiger partial charge < -0.3 is 15.2 Å². The number of hydrogen-bond acceptors (Lipinski definition) is 3. The Bertz CT molecular complexity index is 506. The first kappa shape index (κ1) is 24.2. The van der Waals surface area contributed by atoms with Gasteiger partial charge in [-0.1, -0.05) is 52.1 Å². The molecule has 1 unspecified atom stereocenters. The van der Waals surface area contributed by atoms with Crippen molar-refractivity contribution in [2.45, 2.75) is 73.1 Å². The van der Waals surface area contributed by atoms with Crippen LogP contribution in [0, 0.1) is 19.3 Å². The second kappa shape index (κ2) is 11.8. The highest BCUT2D eigenvalue weighted by atomic mass is 127. The van der Waals surface area contributed by atoms with E-state index in [4.69, 9.17) is 4.52 Å². The lowest BCUT2D eigenvalue weighted by atomic mass is 9.87. The van der Waals surface area contributed by atoms with E-state index in [0.29, 0.717) is 5.92 Å². The highest BCUT2D eigenvalue weighted by molar-refractivity contribution is 14.0. The number of aromatic nitrogens is 1. The van der Waals surface area contributed by atoms with Gasteiger partial charge in [0, 0.05) is 31.6 Å². The standard InChI is InChI=1S/C19H36N4O.HI/c1-8-9-10-11-19(5,6)13-22-18(20-7)21-12-14(2)17-15(3)23-24-16(17)4;/h14H,8-13H2,1-7H3,(H2,20,21,22);1H. The average molecular weight is 464 g/mol. The van der Waals surface area contributed by atoms with Crippen molar-refractivity contribution in [2.24, 2.45) is 10.4 Å². The summed E-state index contributed by atoms with van der Waals surface area (Å²) in [5.41, 5.74) is 2.44. The maximum absolute atomic E-state index is 5.26. The van der Waals surface area contributed by atoms with Crippen LogP contribution < -0.4 is 10.6 Å². The topological polar surface area (TPSA) is 62.5 Å². The molecule has 0 aliphatic heterocycles. The van der Waals surface area contributed by atoms with Crippen molar-refractivity contribution in [2.75, 3.05) is 20.1 Å². The first-order valence-electron chi connectivity index (χ1n) is 9.18. The summed E-state index contributed by atoms with van der Waals surface area (Å²) in [4.78, 5) is 4.34. The monoisotopic (exact) mass is 464 g/mol. The van der Waals surface area contributed by atoms with Gasteiger partial charge in [-0.25, -0.2) is 0 Å². The maximum atomic E-state index is 5.26. The summed E-state index contributed by atoms with van der Waals surface area (Å²) >= 11 is 0. The molecule has 1 rings (SSSR count). The van der Waals surface area contributed by atoms with Crippen molar-refractivity contribution >= 4 is 29.9 Å². The van der Waals surface area contributed by atoms with Gasteiger partial charge in [0.1, 0.15) is 5.76 Å². The minimum absolute atomic E-state index is 0. The summed E-state index contributed by atoms with van der Waals surface area (Å²) in [5, 5.41) is 10.9. The second-order valence-corrected chi connectivity index (χ2v) is 7.57. The van der Waals surface area contributed by atoms with Crippen LogP contribution in [0.5, 0.6) is 0 Å². The van der Waals surface area contributed by atoms with Crippen LogP contribution in [0.2, 0.25) is 0 Å². The fraction of sp³-hybridized carbons (Fsp3) is 0.789. The number of nitrogens with zero attached hydrogens (tertiary/aromatic N) is 2. The summed E-state index contributed by atoms with van der Waals surface area (Å²) in [6, 6.07) is 0. The lowest BCUT2D eigenvalue weighted by Crippen LogP contribution is -2.43. The highest BCUT2D eigenvalue weighted by Crippen LogP contribution is 2.23. The van der Waals surface area contributed by atoms with Crippen LogP contribution in [0.25, 0.3) is 0 Å². The van der Waals surface area contributed by atoms with E-state index in [1.54, 1.807) is 0 Å². The van der Waals surface area contributed by atoms with Crippen molar-refractivity contribution < 1.29 is 4.52 Å².